The van der Waals surface area contributed by atoms with Crippen LogP contribution in [0.25, 0.3) is 10.8 Å². The van der Waals surface area contributed by atoms with Crippen molar-refractivity contribution in [2.45, 2.75) is 0 Å². The van der Waals surface area contributed by atoms with E-state index in [0.717, 1.165) is 16.8 Å². The molecule has 0 bridgehead atoms. The standard InChI is InChI=1S/C15H11F2N3/c16-9-5-10(17)7-11(6-9)20-15-2-1-14(18)13-8-19-4-3-12(13)15/h1-8,20H,18H2. The zero-order chi connectivity index (χ0) is 14.1. The number of hydrogen-bond acceptors (Lipinski definition) is 3. The molecule has 1 aromatic heterocycles. The van der Waals surface area contributed by atoms with Crippen LogP contribution in [0.1, 0.15) is 0 Å². The summed E-state index contributed by atoms with van der Waals surface area (Å²) in [5.41, 5.74) is 7.53. The number of hydrogen-bond donors (Lipinski definition) is 2. The second-order valence-corrected chi connectivity index (χ2v) is 4.41. The van der Waals surface area contributed by atoms with E-state index >= 15 is 0 Å². The average molecular weight is 271 g/mol. The van der Waals surface area contributed by atoms with Crippen molar-refractivity contribution in [3.8, 4) is 0 Å². The van der Waals surface area contributed by atoms with Gasteiger partial charge in [0.05, 0.1) is 0 Å². The van der Waals surface area contributed by atoms with Crippen LogP contribution in [0.2, 0.25) is 0 Å². The fourth-order valence-corrected chi connectivity index (χ4v) is 2.10. The molecule has 0 amide bonds. The van der Waals surface area contributed by atoms with Gasteiger partial charge in [-0.25, -0.2) is 8.78 Å². The third-order valence-electron chi connectivity index (χ3n) is 2.99. The molecule has 20 heavy (non-hydrogen) atoms. The van der Waals surface area contributed by atoms with Gasteiger partial charge >= 0.3 is 0 Å². The highest BCUT2D eigenvalue weighted by molar-refractivity contribution is 6.01. The predicted octanol–water partition coefficient (Wildman–Crippen LogP) is 3.84. The van der Waals surface area contributed by atoms with Gasteiger partial charge in [-0.3, -0.25) is 4.98 Å². The van der Waals surface area contributed by atoms with E-state index in [1.165, 1.54) is 12.1 Å². The highest BCUT2D eigenvalue weighted by atomic mass is 19.1. The van der Waals surface area contributed by atoms with Gasteiger partial charge in [-0.1, -0.05) is 0 Å². The van der Waals surface area contributed by atoms with E-state index < -0.39 is 11.6 Å². The van der Waals surface area contributed by atoms with Crippen molar-refractivity contribution in [2.24, 2.45) is 0 Å². The molecule has 0 aliphatic heterocycles. The lowest BCUT2D eigenvalue weighted by Crippen LogP contribution is -1.96. The van der Waals surface area contributed by atoms with Gasteiger partial charge in [-0.15, -0.1) is 0 Å². The SMILES string of the molecule is Nc1ccc(Nc2cc(F)cc(F)c2)c2ccncc12. The summed E-state index contributed by atoms with van der Waals surface area (Å²) in [7, 11) is 0. The van der Waals surface area contributed by atoms with Crippen molar-refractivity contribution in [1.29, 1.82) is 0 Å². The summed E-state index contributed by atoms with van der Waals surface area (Å²) in [6.07, 6.45) is 3.29. The van der Waals surface area contributed by atoms with Crippen LogP contribution in [0.15, 0.2) is 48.8 Å². The predicted molar refractivity (Wildman–Crippen MR) is 75.8 cm³/mol. The summed E-state index contributed by atoms with van der Waals surface area (Å²) in [5.74, 6) is -1.26. The molecule has 0 spiro atoms. The first-order chi connectivity index (χ1) is 9.63. The highest BCUT2D eigenvalue weighted by Crippen LogP contribution is 2.30. The van der Waals surface area contributed by atoms with Crippen molar-refractivity contribution in [2.75, 3.05) is 11.1 Å². The normalized spacial score (nSPS) is 10.7. The van der Waals surface area contributed by atoms with Gasteiger partial charge in [0.1, 0.15) is 11.6 Å². The van der Waals surface area contributed by atoms with Crippen LogP contribution in [-0.4, -0.2) is 4.98 Å². The molecule has 3 N–H and O–H groups in total. The Morgan fingerprint density at radius 2 is 1.70 bits per heavy atom. The molecule has 3 rings (SSSR count). The molecule has 0 aliphatic carbocycles. The van der Waals surface area contributed by atoms with E-state index in [4.69, 9.17) is 5.73 Å². The molecule has 3 nitrogen and oxygen atoms in total. The van der Waals surface area contributed by atoms with Crippen LogP contribution < -0.4 is 11.1 Å². The maximum Gasteiger partial charge on any atom is 0.128 e. The van der Waals surface area contributed by atoms with E-state index in [9.17, 15) is 8.78 Å². The molecule has 1 heterocycles. The summed E-state index contributed by atoms with van der Waals surface area (Å²) >= 11 is 0. The van der Waals surface area contributed by atoms with Crippen LogP contribution in [0.4, 0.5) is 25.8 Å². The van der Waals surface area contributed by atoms with Crippen molar-refractivity contribution in [1.82, 2.24) is 4.98 Å². The molecule has 0 fully saturated rings. The van der Waals surface area contributed by atoms with Crippen LogP contribution in [-0.2, 0) is 0 Å². The fraction of sp³-hybridized carbons (Fsp3) is 0. The Balaban J connectivity index is 2.09. The van der Waals surface area contributed by atoms with Gasteiger partial charge in [-0.2, -0.15) is 0 Å². The van der Waals surface area contributed by atoms with E-state index in [2.05, 4.69) is 10.3 Å². The highest BCUT2D eigenvalue weighted by Gasteiger charge is 2.06. The number of nitrogens with two attached hydrogens (primary N) is 1. The van der Waals surface area contributed by atoms with Gasteiger partial charge < -0.3 is 11.1 Å². The number of aromatic nitrogens is 1. The molecule has 2 aromatic carbocycles. The van der Waals surface area contributed by atoms with Gasteiger partial charge in [0.25, 0.3) is 0 Å². The fourth-order valence-electron chi connectivity index (χ4n) is 2.10. The number of rotatable bonds is 2. The first-order valence-electron chi connectivity index (χ1n) is 5.99. The lowest BCUT2D eigenvalue weighted by atomic mass is 10.1. The minimum Gasteiger partial charge on any atom is -0.398 e. The number of halogens is 2. The zero-order valence-corrected chi connectivity index (χ0v) is 10.4. The summed E-state index contributed by atoms with van der Waals surface area (Å²) in [4.78, 5) is 4.02. The van der Waals surface area contributed by atoms with Gasteiger partial charge in [0, 0.05) is 46.3 Å². The number of benzene rings is 2. The monoisotopic (exact) mass is 271 g/mol. The van der Waals surface area contributed by atoms with E-state index in [1.54, 1.807) is 30.6 Å². The number of pyridine rings is 1. The molecule has 0 radical (unpaired) electrons. The maximum atomic E-state index is 13.2. The minimum atomic E-state index is -0.631. The molecule has 5 heteroatoms. The third-order valence-corrected chi connectivity index (χ3v) is 2.99. The second-order valence-electron chi connectivity index (χ2n) is 4.41. The molecular weight excluding hydrogens is 260 g/mol. The lowest BCUT2D eigenvalue weighted by molar-refractivity contribution is 0.584. The van der Waals surface area contributed by atoms with E-state index in [-0.39, 0.29) is 0 Å². The van der Waals surface area contributed by atoms with Gasteiger partial charge in [-0.05, 0) is 30.3 Å². The van der Waals surface area contributed by atoms with Crippen molar-refractivity contribution in [3.63, 3.8) is 0 Å². The Labute approximate surface area is 114 Å². The molecule has 100 valence electrons. The second kappa shape index (κ2) is 4.77. The topological polar surface area (TPSA) is 50.9 Å². The Hall–Kier alpha value is -2.69. The maximum absolute atomic E-state index is 13.2. The molecule has 0 saturated carbocycles. The van der Waals surface area contributed by atoms with E-state index in [1.807, 2.05) is 0 Å². The van der Waals surface area contributed by atoms with Crippen LogP contribution in [0, 0.1) is 11.6 Å². The van der Waals surface area contributed by atoms with Crippen molar-refractivity contribution < 1.29 is 8.78 Å². The Kier molecular flexibility index (Phi) is 2.95. The van der Waals surface area contributed by atoms with Crippen LogP contribution in [0.5, 0.6) is 0 Å². The zero-order valence-electron chi connectivity index (χ0n) is 10.4. The number of fused-ring (bicyclic) bond motifs is 1. The van der Waals surface area contributed by atoms with E-state index in [0.29, 0.717) is 17.1 Å². The first-order valence-corrected chi connectivity index (χ1v) is 5.99. The van der Waals surface area contributed by atoms with Gasteiger partial charge in [0.15, 0.2) is 0 Å². The molecule has 0 unspecified atom stereocenters. The number of nitrogen functional groups attached to an aromatic ring is 1. The Morgan fingerprint density at radius 3 is 2.45 bits per heavy atom. The summed E-state index contributed by atoms with van der Waals surface area (Å²) in [5, 5.41) is 4.62. The largest absolute Gasteiger partial charge is 0.398 e. The molecule has 0 saturated heterocycles. The molecule has 3 aromatic rings. The first kappa shape index (κ1) is 12.3. The number of nitrogens with zero attached hydrogens (tertiary/aromatic N) is 1. The quantitative estimate of drug-likeness (QED) is 0.696. The summed E-state index contributed by atoms with van der Waals surface area (Å²) in [6.45, 7) is 0. The number of anilines is 3. The summed E-state index contributed by atoms with van der Waals surface area (Å²) < 4.78 is 26.4. The lowest BCUT2D eigenvalue weighted by Gasteiger charge is -2.11. The summed E-state index contributed by atoms with van der Waals surface area (Å²) in [6, 6.07) is 8.57. The smallest absolute Gasteiger partial charge is 0.128 e. The third kappa shape index (κ3) is 2.25. The van der Waals surface area contributed by atoms with Crippen molar-refractivity contribution >= 4 is 27.8 Å². The number of nitrogens with one attached hydrogen (secondary N) is 1. The molecule has 0 atom stereocenters. The average Bonchev–Trinajstić information content (AvgIpc) is 2.41. The van der Waals surface area contributed by atoms with Crippen LogP contribution >= 0.6 is 0 Å². The van der Waals surface area contributed by atoms with Crippen molar-refractivity contribution in [3.05, 3.63) is 60.4 Å². The van der Waals surface area contributed by atoms with Gasteiger partial charge in [0.2, 0.25) is 0 Å². The minimum absolute atomic E-state index is 0.338. The Morgan fingerprint density at radius 1 is 0.950 bits per heavy atom. The Bertz CT molecular complexity index is 767. The van der Waals surface area contributed by atoms with Crippen LogP contribution in [0.3, 0.4) is 0 Å². The molecular formula is C15H11F2N3. The molecule has 0 aliphatic rings.